The third-order valence-corrected chi connectivity index (χ3v) is 6.19. The van der Waals surface area contributed by atoms with E-state index >= 15 is 0 Å². The zero-order chi connectivity index (χ0) is 23.4. The van der Waals surface area contributed by atoms with Crippen LogP contribution in [-0.2, 0) is 23.5 Å². The lowest BCUT2D eigenvalue weighted by Gasteiger charge is -2.09. The van der Waals surface area contributed by atoms with Crippen molar-refractivity contribution in [2.45, 2.75) is 37.7 Å². The lowest BCUT2D eigenvalue weighted by molar-refractivity contribution is -0.115. The van der Waals surface area contributed by atoms with Gasteiger partial charge in [0, 0.05) is 12.2 Å². The van der Waals surface area contributed by atoms with Gasteiger partial charge in [-0.3, -0.25) is 9.59 Å². The molecule has 0 atom stereocenters. The average molecular weight is 461 g/mol. The number of hydrogen-bond acceptors (Lipinski definition) is 6. The number of anilines is 1. The first-order valence-corrected chi connectivity index (χ1v) is 11.4. The summed E-state index contributed by atoms with van der Waals surface area (Å²) in [4.78, 5) is 32.3. The number of nitrogens with zero attached hydrogens (tertiary/aromatic N) is 4. The molecule has 2 aromatic carbocycles. The van der Waals surface area contributed by atoms with Crippen LogP contribution in [0.3, 0.4) is 0 Å². The number of para-hydroxylation sites is 1. The van der Waals surface area contributed by atoms with Crippen LogP contribution < -0.4 is 10.9 Å². The first-order valence-electron chi connectivity index (χ1n) is 10.5. The summed E-state index contributed by atoms with van der Waals surface area (Å²) in [7, 11) is 0. The molecule has 2 N–H and O–H groups in total. The van der Waals surface area contributed by atoms with Gasteiger partial charge in [-0.2, -0.15) is 0 Å². The maximum absolute atomic E-state index is 12.6. The molecule has 0 unspecified atom stereocenters. The summed E-state index contributed by atoms with van der Waals surface area (Å²) < 4.78 is 1.84. The van der Waals surface area contributed by atoms with Crippen LogP contribution in [0.2, 0.25) is 0 Å². The van der Waals surface area contributed by atoms with Crippen molar-refractivity contribution in [2.75, 3.05) is 5.32 Å². The number of aromatic nitrogens is 5. The average Bonchev–Trinajstić information content (AvgIpc) is 3.16. The van der Waals surface area contributed by atoms with Crippen LogP contribution in [-0.4, -0.2) is 30.6 Å². The highest BCUT2D eigenvalue weighted by molar-refractivity contribution is 7.98. The highest BCUT2D eigenvalue weighted by Crippen LogP contribution is 2.22. The van der Waals surface area contributed by atoms with E-state index in [-0.39, 0.29) is 17.9 Å². The molecule has 1 amide bonds. The Labute approximate surface area is 195 Å². The van der Waals surface area contributed by atoms with E-state index in [2.05, 4.69) is 32.1 Å². The molecule has 2 heterocycles. The third kappa shape index (κ3) is 5.20. The number of aromatic amines is 1. The predicted molar refractivity (Wildman–Crippen MR) is 130 cm³/mol. The summed E-state index contributed by atoms with van der Waals surface area (Å²) in [5, 5.41) is 12.6. The molecule has 9 heteroatoms. The van der Waals surface area contributed by atoms with Gasteiger partial charge in [0.15, 0.2) is 5.16 Å². The Bertz CT molecular complexity index is 1390. The zero-order valence-corrected chi connectivity index (χ0v) is 19.3. The molecule has 0 radical (unpaired) electrons. The molecule has 4 rings (SSSR count). The molecule has 168 valence electrons. The molecular weight excluding hydrogens is 436 g/mol. The standard InChI is InChI=1S/C24H24N6O2S/c1-4-11-30-21(13-22(31)25-17-10-9-15(2)16(3)12-17)28-29-24(30)33-14-20-26-19-8-6-5-7-18(19)23(32)27-20/h4-10,12H,1,11,13-14H2,2-3H3,(H,25,31)(H,26,27,32). The van der Waals surface area contributed by atoms with Gasteiger partial charge < -0.3 is 14.9 Å². The minimum atomic E-state index is -0.174. The van der Waals surface area contributed by atoms with Crippen LogP contribution in [0.5, 0.6) is 0 Å². The molecule has 33 heavy (non-hydrogen) atoms. The van der Waals surface area contributed by atoms with E-state index in [1.54, 1.807) is 12.1 Å². The van der Waals surface area contributed by atoms with Crippen LogP contribution in [0, 0.1) is 13.8 Å². The van der Waals surface area contributed by atoms with Gasteiger partial charge in [0.25, 0.3) is 5.56 Å². The van der Waals surface area contributed by atoms with Gasteiger partial charge in [0.1, 0.15) is 11.6 Å². The van der Waals surface area contributed by atoms with Crippen LogP contribution in [0.25, 0.3) is 10.9 Å². The second-order valence-corrected chi connectivity index (χ2v) is 8.58. The minimum Gasteiger partial charge on any atom is -0.326 e. The molecule has 0 aliphatic carbocycles. The van der Waals surface area contributed by atoms with E-state index in [9.17, 15) is 9.59 Å². The number of amides is 1. The Kier molecular flexibility index (Phi) is 6.69. The number of carbonyl (C=O) groups excluding carboxylic acids is 1. The Morgan fingerprint density at radius 1 is 1.18 bits per heavy atom. The molecule has 2 aromatic heterocycles. The van der Waals surface area contributed by atoms with Crippen LogP contribution >= 0.6 is 11.8 Å². The lowest BCUT2D eigenvalue weighted by atomic mass is 10.1. The summed E-state index contributed by atoms with van der Waals surface area (Å²) >= 11 is 1.39. The van der Waals surface area contributed by atoms with Gasteiger partial charge in [-0.15, -0.1) is 16.8 Å². The van der Waals surface area contributed by atoms with E-state index < -0.39 is 0 Å². The van der Waals surface area contributed by atoms with Gasteiger partial charge in [0.2, 0.25) is 5.91 Å². The number of rotatable bonds is 8. The Hall–Kier alpha value is -3.72. The summed E-state index contributed by atoms with van der Waals surface area (Å²) in [5.41, 5.74) is 3.50. The lowest BCUT2D eigenvalue weighted by Crippen LogP contribution is -2.18. The third-order valence-electron chi connectivity index (χ3n) is 5.21. The highest BCUT2D eigenvalue weighted by atomic mass is 32.2. The maximum atomic E-state index is 12.6. The maximum Gasteiger partial charge on any atom is 0.258 e. The number of aryl methyl sites for hydroxylation is 2. The van der Waals surface area contributed by atoms with Crippen molar-refractivity contribution in [3.8, 4) is 0 Å². The monoisotopic (exact) mass is 460 g/mol. The number of hydrogen-bond donors (Lipinski definition) is 2. The fourth-order valence-corrected chi connectivity index (χ4v) is 4.21. The van der Waals surface area contributed by atoms with Gasteiger partial charge in [0.05, 0.1) is 23.1 Å². The summed E-state index contributed by atoms with van der Waals surface area (Å²) in [6.07, 6.45) is 1.81. The van der Waals surface area contributed by atoms with Crippen LogP contribution in [0.1, 0.15) is 22.8 Å². The van der Waals surface area contributed by atoms with Crippen molar-refractivity contribution in [1.29, 1.82) is 0 Å². The van der Waals surface area contributed by atoms with Crippen molar-refractivity contribution in [1.82, 2.24) is 24.7 Å². The fraction of sp³-hybridized carbons (Fsp3) is 0.208. The molecule has 0 aliphatic heterocycles. The number of nitrogens with one attached hydrogen (secondary N) is 2. The van der Waals surface area contributed by atoms with Crippen molar-refractivity contribution in [2.24, 2.45) is 0 Å². The fourth-order valence-electron chi connectivity index (χ4n) is 3.37. The second kappa shape index (κ2) is 9.83. The first kappa shape index (κ1) is 22.5. The summed E-state index contributed by atoms with van der Waals surface area (Å²) in [6, 6.07) is 13.0. The Balaban J connectivity index is 1.48. The summed E-state index contributed by atoms with van der Waals surface area (Å²) in [6.45, 7) is 8.30. The Morgan fingerprint density at radius 3 is 2.79 bits per heavy atom. The van der Waals surface area contributed by atoms with Gasteiger partial charge in [-0.05, 0) is 49.2 Å². The van der Waals surface area contributed by atoms with E-state index in [1.807, 2.05) is 54.8 Å². The zero-order valence-electron chi connectivity index (χ0n) is 18.5. The second-order valence-electron chi connectivity index (χ2n) is 7.64. The molecule has 0 aliphatic rings. The number of carbonyl (C=O) groups is 1. The molecule has 4 aromatic rings. The minimum absolute atomic E-state index is 0.0827. The SMILES string of the molecule is C=CCn1c(CC(=O)Nc2ccc(C)c(C)c2)nnc1SCc1nc2ccccc2c(=O)[nH]1. The molecule has 0 bridgehead atoms. The van der Waals surface area contributed by atoms with Crippen LogP contribution in [0.15, 0.2) is 65.1 Å². The van der Waals surface area contributed by atoms with Crippen molar-refractivity contribution in [3.63, 3.8) is 0 Å². The summed E-state index contributed by atoms with van der Waals surface area (Å²) in [5.74, 6) is 1.32. The number of thioether (sulfide) groups is 1. The van der Waals surface area contributed by atoms with Crippen molar-refractivity contribution < 1.29 is 4.79 Å². The molecule has 8 nitrogen and oxygen atoms in total. The quantitative estimate of drug-likeness (QED) is 0.306. The van der Waals surface area contributed by atoms with E-state index in [4.69, 9.17) is 0 Å². The molecule has 0 saturated carbocycles. The smallest absolute Gasteiger partial charge is 0.258 e. The van der Waals surface area contributed by atoms with E-state index in [1.165, 1.54) is 17.3 Å². The van der Waals surface area contributed by atoms with Gasteiger partial charge >= 0.3 is 0 Å². The van der Waals surface area contributed by atoms with Crippen molar-refractivity contribution in [3.05, 3.63) is 88.2 Å². The number of fused-ring (bicyclic) bond motifs is 1. The normalized spacial score (nSPS) is 11.0. The first-order chi connectivity index (χ1) is 15.9. The highest BCUT2D eigenvalue weighted by Gasteiger charge is 2.16. The largest absolute Gasteiger partial charge is 0.326 e. The molecular formula is C24H24N6O2S. The number of H-pyrrole nitrogens is 1. The Morgan fingerprint density at radius 2 is 2.00 bits per heavy atom. The van der Waals surface area contributed by atoms with Crippen molar-refractivity contribution >= 4 is 34.3 Å². The molecule has 0 spiro atoms. The van der Waals surface area contributed by atoms with Crippen LogP contribution in [0.4, 0.5) is 5.69 Å². The van der Waals surface area contributed by atoms with Gasteiger partial charge in [-0.1, -0.05) is 36.0 Å². The topological polar surface area (TPSA) is 106 Å². The van der Waals surface area contributed by atoms with Gasteiger partial charge in [-0.25, -0.2) is 4.98 Å². The van der Waals surface area contributed by atoms with E-state index in [0.29, 0.717) is 40.0 Å². The number of allylic oxidation sites excluding steroid dienone is 1. The molecule has 0 saturated heterocycles. The number of benzene rings is 2. The predicted octanol–water partition coefficient (Wildman–Crippen LogP) is 3.79. The molecule has 0 fully saturated rings. The van der Waals surface area contributed by atoms with E-state index in [0.717, 1.165) is 11.3 Å².